The molecule has 1 aromatic rings. The average molecular weight is 369 g/mol. The molecule has 1 aliphatic carbocycles. The minimum Gasteiger partial charge on any atom is -0.486 e. The molecule has 1 heterocycles. The van der Waals surface area contributed by atoms with Gasteiger partial charge < -0.3 is 20.1 Å². The Bertz CT molecular complexity index is 569. The highest BCUT2D eigenvalue weighted by Gasteiger charge is 2.30. The molecule has 2 N–H and O–H groups in total. The molecule has 3 atom stereocenters. The third-order valence-corrected chi connectivity index (χ3v) is 4.99. The number of carbonyl (C=O) groups is 1. The largest absolute Gasteiger partial charge is 0.486 e. The van der Waals surface area contributed by atoms with Gasteiger partial charge in [0.25, 0.3) is 0 Å². The molecule has 0 aromatic heterocycles. The number of nitrogens with two attached hydrogens (primary N) is 1. The molecule has 25 heavy (non-hydrogen) atoms. The van der Waals surface area contributed by atoms with Crippen molar-refractivity contribution in [3.05, 3.63) is 24.3 Å². The minimum absolute atomic E-state index is 0. The van der Waals surface area contributed by atoms with E-state index in [-0.39, 0.29) is 30.5 Å². The highest BCUT2D eigenvalue weighted by atomic mass is 35.5. The molecule has 0 bridgehead atoms. The summed E-state index contributed by atoms with van der Waals surface area (Å²) in [5.41, 5.74) is 6.12. The summed E-state index contributed by atoms with van der Waals surface area (Å²) in [5, 5.41) is 0. The summed E-state index contributed by atoms with van der Waals surface area (Å²) in [5.74, 6) is 2.07. The van der Waals surface area contributed by atoms with Gasteiger partial charge in [-0.15, -0.1) is 12.4 Å². The van der Waals surface area contributed by atoms with Crippen LogP contribution >= 0.6 is 12.4 Å². The Kier molecular flexibility index (Phi) is 7.38. The fraction of sp³-hybridized carbons (Fsp3) is 0.632. The van der Waals surface area contributed by atoms with Crippen LogP contribution in [-0.2, 0) is 4.79 Å². The molecule has 0 spiro atoms. The van der Waals surface area contributed by atoms with Crippen molar-refractivity contribution in [1.29, 1.82) is 0 Å². The summed E-state index contributed by atoms with van der Waals surface area (Å²) >= 11 is 0. The molecule has 1 saturated carbocycles. The van der Waals surface area contributed by atoms with E-state index >= 15 is 0 Å². The Balaban J connectivity index is 0.00000225. The Morgan fingerprint density at radius 1 is 1.28 bits per heavy atom. The number of benzene rings is 1. The lowest BCUT2D eigenvalue weighted by Gasteiger charge is -2.32. The maximum atomic E-state index is 12.7. The highest BCUT2D eigenvalue weighted by Crippen LogP contribution is 2.31. The molecule has 6 heteroatoms. The van der Waals surface area contributed by atoms with E-state index in [1.807, 2.05) is 29.2 Å². The van der Waals surface area contributed by atoms with E-state index in [1.165, 1.54) is 0 Å². The van der Waals surface area contributed by atoms with Gasteiger partial charge in [0.05, 0.1) is 6.54 Å². The van der Waals surface area contributed by atoms with Gasteiger partial charge in [0, 0.05) is 19.0 Å². The van der Waals surface area contributed by atoms with Gasteiger partial charge in [-0.25, -0.2) is 0 Å². The standard InChI is InChI=1S/C19H28N2O3.ClH/c1-2-10-21(19(22)11-14-6-5-7-16(14)20)12-15-13-23-17-8-3-4-9-18(17)24-15;/h3-4,8-9,14-16H,2,5-7,10-13,20H2,1H3;1H/t14-,15?,16+;/m0./s1. The number of carbonyl (C=O) groups excluding carboxylic acids is 1. The third-order valence-electron chi connectivity index (χ3n) is 4.99. The maximum Gasteiger partial charge on any atom is 0.223 e. The minimum atomic E-state index is -0.118. The monoisotopic (exact) mass is 368 g/mol. The zero-order valence-corrected chi connectivity index (χ0v) is 15.7. The van der Waals surface area contributed by atoms with E-state index in [9.17, 15) is 4.79 Å². The van der Waals surface area contributed by atoms with Gasteiger partial charge >= 0.3 is 0 Å². The molecule has 1 aliphatic heterocycles. The number of rotatable bonds is 6. The van der Waals surface area contributed by atoms with E-state index < -0.39 is 0 Å². The van der Waals surface area contributed by atoms with Crippen LogP contribution in [0.3, 0.4) is 0 Å². The summed E-state index contributed by atoms with van der Waals surface area (Å²) in [6, 6.07) is 7.85. The second-order valence-electron chi connectivity index (χ2n) is 6.90. The molecular formula is C19H29ClN2O3. The second-order valence-corrected chi connectivity index (χ2v) is 6.90. The zero-order valence-electron chi connectivity index (χ0n) is 14.9. The van der Waals surface area contributed by atoms with E-state index in [2.05, 4.69) is 6.92 Å². The van der Waals surface area contributed by atoms with Crippen LogP contribution in [0.4, 0.5) is 0 Å². The first-order valence-electron chi connectivity index (χ1n) is 9.09. The maximum absolute atomic E-state index is 12.7. The van der Waals surface area contributed by atoms with E-state index in [1.54, 1.807) is 0 Å². The van der Waals surface area contributed by atoms with Crippen LogP contribution in [0.15, 0.2) is 24.3 Å². The van der Waals surface area contributed by atoms with Crippen LogP contribution in [0.1, 0.15) is 39.0 Å². The fourth-order valence-corrected chi connectivity index (χ4v) is 3.66. The van der Waals surface area contributed by atoms with Crippen molar-refractivity contribution in [1.82, 2.24) is 4.90 Å². The summed E-state index contributed by atoms with van der Waals surface area (Å²) in [7, 11) is 0. The van der Waals surface area contributed by atoms with Crippen LogP contribution in [0, 0.1) is 5.92 Å². The number of hydrogen-bond acceptors (Lipinski definition) is 4. The Hall–Kier alpha value is -1.46. The number of nitrogens with zero attached hydrogens (tertiary/aromatic N) is 1. The number of halogens is 1. The van der Waals surface area contributed by atoms with Gasteiger partial charge in [-0.1, -0.05) is 25.5 Å². The lowest BCUT2D eigenvalue weighted by Crippen LogP contribution is -2.45. The molecule has 2 aliphatic rings. The van der Waals surface area contributed by atoms with Gasteiger partial charge in [0.15, 0.2) is 17.6 Å². The SMILES string of the molecule is CCCN(CC1COc2ccccc2O1)C(=O)C[C@@H]1CCC[C@H]1N.Cl. The van der Waals surface area contributed by atoms with Gasteiger partial charge in [-0.05, 0) is 37.3 Å². The average Bonchev–Trinajstić information content (AvgIpc) is 2.99. The molecule has 1 fully saturated rings. The third kappa shape index (κ3) is 5.02. The molecule has 5 nitrogen and oxygen atoms in total. The highest BCUT2D eigenvalue weighted by molar-refractivity contribution is 5.85. The van der Waals surface area contributed by atoms with Crippen LogP contribution in [0.2, 0.25) is 0 Å². The lowest BCUT2D eigenvalue weighted by atomic mass is 9.99. The number of para-hydroxylation sites is 2. The Labute approximate surface area is 156 Å². The molecule has 1 aromatic carbocycles. The first-order valence-corrected chi connectivity index (χ1v) is 9.09. The van der Waals surface area contributed by atoms with Crippen molar-refractivity contribution in [3.8, 4) is 11.5 Å². The van der Waals surface area contributed by atoms with Crippen molar-refractivity contribution in [2.75, 3.05) is 19.7 Å². The smallest absolute Gasteiger partial charge is 0.223 e. The van der Waals surface area contributed by atoms with Crippen molar-refractivity contribution in [3.63, 3.8) is 0 Å². The second kappa shape index (κ2) is 9.30. The molecule has 1 unspecified atom stereocenters. The van der Waals surface area contributed by atoms with Crippen LogP contribution in [0.5, 0.6) is 11.5 Å². The Morgan fingerprint density at radius 3 is 2.72 bits per heavy atom. The normalized spacial score (nSPS) is 24.5. The predicted octanol–water partition coefficient (Wildman–Crippen LogP) is 3.00. The predicted molar refractivity (Wildman–Crippen MR) is 100 cm³/mol. The van der Waals surface area contributed by atoms with Crippen LogP contribution in [-0.4, -0.2) is 42.6 Å². The van der Waals surface area contributed by atoms with Crippen molar-refractivity contribution in [2.24, 2.45) is 11.7 Å². The summed E-state index contributed by atoms with van der Waals surface area (Å²) in [6.45, 7) is 3.90. The molecule has 3 rings (SSSR count). The number of fused-ring (bicyclic) bond motifs is 1. The number of amides is 1. The molecule has 140 valence electrons. The zero-order chi connectivity index (χ0) is 16.9. The molecule has 1 amide bonds. The Morgan fingerprint density at radius 2 is 2.04 bits per heavy atom. The van der Waals surface area contributed by atoms with Crippen LogP contribution < -0.4 is 15.2 Å². The lowest BCUT2D eigenvalue weighted by molar-refractivity contribution is -0.134. The number of ether oxygens (including phenoxy) is 2. The first kappa shape index (κ1) is 19.9. The van der Waals surface area contributed by atoms with Gasteiger partial charge in [0.1, 0.15) is 6.61 Å². The van der Waals surface area contributed by atoms with Gasteiger partial charge in [0.2, 0.25) is 5.91 Å². The van der Waals surface area contributed by atoms with Crippen molar-refractivity contribution >= 4 is 18.3 Å². The fourth-order valence-electron chi connectivity index (χ4n) is 3.66. The van der Waals surface area contributed by atoms with Crippen LogP contribution in [0.25, 0.3) is 0 Å². The van der Waals surface area contributed by atoms with Crippen molar-refractivity contribution < 1.29 is 14.3 Å². The van der Waals surface area contributed by atoms with E-state index in [4.69, 9.17) is 15.2 Å². The summed E-state index contributed by atoms with van der Waals surface area (Å²) in [4.78, 5) is 14.7. The van der Waals surface area contributed by atoms with E-state index in [0.29, 0.717) is 25.5 Å². The quantitative estimate of drug-likeness (QED) is 0.838. The van der Waals surface area contributed by atoms with Gasteiger partial charge in [-0.3, -0.25) is 4.79 Å². The summed E-state index contributed by atoms with van der Waals surface area (Å²) in [6.07, 6.45) is 4.64. The first-order chi connectivity index (χ1) is 11.7. The topological polar surface area (TPSA) is 64.8 Å². The number of hydrogen-bond donors (Lipinski definition) is 1. The van der Waals surface area contributed by atoms with E-state index in [0.717, 1.165) is 43.7 Å². The molecule has 0 radical (unpaired) electrons. The van der Waals surface area contributed by atoms with Gasteiger partial charge in [-0.2, -0.15) is 0 Å². The molecular weight excluding hydrogens is 340 g/mol. The molecule has 0 saturated heterocycles. The van der Waals surface area contributed by atoms with Crippen molar-refractivity contribution in [2.45, 2.75) is 51.2 Å². The summed E-state index contributed by atoms with van der Waals surface area (Å²) < 4.78 is 11.8.